The van der Waals surface area contributed by atoms with Crippen molar-refractivity contribution < 1.29 is 27.5 Å². The number of furan rings is 1. The van der Waals surface area contributed by atoms with E-state index in [0.717, 1.165) is 11.1 Å². The maximum Gasteiger partial charge on any atom is 0.291 e. The van der Waals surface area contributed by atoms with Crippen molar-refractivity contribution >= 4 is 17.5 Å². The molecule has 6 nitrogen and oxygen atoms in total. The molecule has 0 aliphatic carbocycles. The highest BCUT2D eigenvalue weighted by molar-refractivity contribution is 6.02. The molecule has 1 unspecified atom stereocenters. The normalized spacial score (nSPS) is 14.9. The Hall–Kier alpha value is -4.46. The van der Waals surface area contributed by atoms with Gasteiger partial charge in [0.1, 0.15) is 29.8 Å². The molecule has 2 amide bonds. The van der Waals surface area contributed by atoms with Crippen molar-refractivity contribution in [2.24, 2.45) is 5.41 Å². The lowest BCUT2D eigenvalue weighted by Crippen LogP contribution is -2.45. The van der Waals surface area contributed by atoms with Gasteiger partial charge in [-0.25, -0.2) is 8.78 Å². The number of amides is 2. The Balaban J connectivity index is 1.35. The first kappa shape index (κ1) is 27.1. The van der Waals surface area contributed by atoms with Crippen LogP contribution in [0.3, 0.4) is 0 Å². The zero-order valence-electron chi connectivity index (χ0n) is 22.5. The number of carbonyl (C=O) groups excluding carboxylic acids is 2. The largest absolute Gasteiger partial charge is 0.486 e. The second-order valence-corrected chi connectivity index (χ2v) is 10.8. The maximum absolute atomic E-state index is 14.3. The van der Waals surface area contributed by atoms with Crippen LogP contribution in [0, 0.1) is 17.0 Å². The summed E-state index contributed by atoms with van der Waals surface area (Å²) in [6.07, 6.45) is 0.672. The Labute approximate surface area is 231 Å². The van der Waals surface area contributed by atoms with E-state index in [1.807, 2.05) is 49.9 Å². The van der Waals surface area contributed by atoms with E-state index in [0.29, 0.717) is 35.7 Å². The summed E-state index contributed by atoms with van der Waals surface area (Å²) in [5.41, 5.74) is 2.35. The number of hydrogen-bond acceptors (Lipinski definition) is 4. The monoisotopic (exact) mass is 544 g/mol. The van der Waals surface area contributed by atoms with Crippen molar-refractivity contribution in [1.82, 2.24) is 4.90 Å². The number of ether oxygens (including phenoxy) is 1. The van der Waals surface area contributed by atoms with Crippen LogP contribution in [0.2, 0.25) is 0 Å². The molecule has 1 aliphatic heterocycles. The Morgan fingerprint density at radius 1 is 0.975 bits per heavy atom. The molecule has 3 aromatic carbocycles. The third-order valence-corrected chi connectivity index (χ3v) is 6.76. The minimum atomic E-state index is -0.602. The minimum Gasteiger partial charge on any atom is -0.486 e. The Morgan fingerprint density at radius 3 is 2.45 bits per heavy atom. The molecule has 2 heterocycles. The quantitative estimate of drug-likeness (QED) is 0.286. The van der Waals surface area contributed by atoms with Gasteiger partial charge in [0, 0.05) is 17.6 Å². The SMILES string of the molecule is CC(C)(C)C(=O)N1CCc2ccc(OCc3ccc(C(=O)Nc4cccc(F)c4)o3)cc2C1c1cccc(F)c1. The lowest BCUT2D eigenvalue weighted by Gasteiger charge is -2.41. The zero-order chi connectivity index (χ0) is 28.4. The van der Waals surface area contributed by atoms with E-state index in [9.17, 15) is 18.4 Å². The fourth-order valence-corrected chi connectivity index (χ4v) is 4.86. The smallest absolute Gasteiger partial charge is 0.291 e. The number of hydrogen-bond donors (Lipinski definition) is 1. The summed E-state index contributed by atoms with van der Waals surface area (Å²) in [4.78, 5) is 27.7. The van der Waals surface area contributed by atoms with Crippen molar-refractivity contribution in [2.75, 3.05) is 11.9 Å². The van der Waals surface area contributed by atoms with Crippen molar-refractivity contribution in [3.05, 3.63) is 119 Å². The molecule has 0 saturated heterocycles. The predicted octanol–water partition coefficient (Wildman–Crippen LogP) is 6.91. The average Bonchev–Trinajstić information content (AvgIpc) is 3.39. The number of benzene rings is 3. The Morgan fingerprint density at radius 2 is 1.73 bits per heavy atom. The lowest BCUT2D eigenvalue weighted by molar-refractivity contribution is -0.141. The highest BCUT2D eigenvalue weighted by Gasteiger charge is 2.37. The summed E-state index contributed by atoms with van der Waals surface area (Å²) in [7, 11) is 0. The molecule has 0 fully saturated rings. The van der Waals surface area contributed by atoms with Gasteiger partial charge in [0.15, 0.2) is 5.76 Å². The van der Waals surface area contributed by atoms with Crippen molar-refractivity contribution in [1.29, 1.82) is 0 Å². The standard InChI is InChI=1S/C32H30F2N2O4/c1-32(2,3)31(38)36-15-14-20-10-11-25(18-27(20)29(36)21-6-4-7-22(33)16-21)39-19-26-12-13-28(40-26)30(37)35-24-9-5-8-23(34)17-24/h4-13,16-18,29H,14-15,19H2,1-3H3,(H,35,37). The van der Waals surface area contributed by atoms with Gasteiger partial charge in [-0.15, -0.1) is 0 Å². The third kappa shape index (κ3) is 5.91. The zero-order valence-corrected chi connectivity index (χ0v) is 22.5. The number of anilines is 1. The Kier molecular flexibility index (Phi) is 7.43. The highest BCUT2D eigenvalue weighted by atomic mass is 19.1. The van der Waals surface area contributed by atoms with Crippen LogP contribution in [-0.2, 0) is 17.8 Å². The summed E-state index contributed by atoms with van der Waals surface area (Å²) >= 11 is 0. The van der Waals surface area contributed by atoms with Gasteiger partial charge in [0.25, 0.3) is 5.91 Å². The van der Waals surface area contributed by atoms with Gasteiger partial charge < -0.3 is 19.4 Å². The van der Waals surface area contributed by atoms with Crippen LogP contribution < -0.4 is 10.1 Å². The van der Waals surface area contributed by atoms with Crippen LogP contribution in [0.1, 0.15) is 59.8 Å². The van der Waals surface area contributed by atoms with Gasteiger partial charge >= 0.3 is 0 Å². The van der Waals surface area contributed by atoms with Crippen molar-refractivity contribution in [3.63, 3.8) is 0 Å². The topological polar surface area (TPSA) is 71.8 Å². The van der Waals surface area contributed by atoms with Gasteiger partial charge in [0.2, 0.25) is 5.91 Å². The summed E-state index contributed by atoms with van der Waals surface area (Å²) in [5, 5.41) is 2.60. The molecule has 4 aromatic rings. The minimum absolute atomic E-state index is 0.0154. The summed E-state index contributed by atoms with van der Waals surface area (Å²) < 4.78 is 39.3. The first-order valence-corrected chi connectivity index (χ1v) is 13.1. The molecule has 206 valence electrons. The molecule has 5 rings (SSSR count). The predicted molar refractivity (Wildman–Crippen MR) is 147 cm³/mol. The van der Waals surface area contributed by atoms with Crippen LogP contribution in [0.25, 0.3) is 0 Å². The number of fused-ring (bicyclic) bond motifs is 1. The number of rotatable bonds is 6. The second-order valence-electron chi connectivity index (χ2n) is 10.8. The van der Waals surface area contributed by atoms with E-state index >= 15 is 0 Å². The van der Waals surface area contributed by atoms with Gasteiger partial charge in [-0.2, -0.15) is 0 Å². The second kappa shape index (κ2) is 11.0. The van der Waals surface area contributed by atoms with E-state index in [2.05, 4.69) is 5.32 Å². The van der Waals surface area contributed by atoms with Crippen molar-refractivity contribution in [2.45, 2.75) is 39.8 Å². The summed E-state index contributed by atoms with van der Waals surface area (Å²) in [5.74, 6) is -0.306. The fraction of sp³-hybridized carbons (Fsp3) is 0.250. The van der Waals surface area contributed by atoms with Crippen LogP contribution in [0.5, 0.6) is 5.75 Å². The first-order valence-electron chi connectivity index (χ1n) is 13.1. The van der Waals surface area contributed by atoms with E-state index in [1.165, 1.54) is 36.4 Å². The maximum atomic E-state index is 14.3. The molecule has 8 heteroatoms. The van der Waals surface area contributed by atoms with Gasteiger partial charge in [-0.1, -0.05) is 45.0 Å². The van der Waals surface area contributed by atoms with Gasteiger partial charge in [-0.05, 0) is 77.7 Å². The van der Waals surface area contributed by atoms with Crippen molar-refractivity contribution in [3.8, 4) is 5.75 Å². The molecular weight excluding hydrogens is 514 g/mol. The number of nitrogens with one attached hydrogen (secondary N) is 1. The summed E-state index contributed by atoms with van der Waals surface area (Å²) in [6, 6.07) is 20.3. The molecular formula is C32H30F2N2O4. The number of halogens is 2. The van der Waals surface area contributed by atoms with Gasteiger partial charge in [0.05, 0.1) is 6.04 Å². The molecule has 1 aromatic heterocycles. The molecule has 1 N–H and O–H groups in total. The third-order valence-electron chi connectivity index (χ3n) is 6.76. The molecule has 0 radical (unpaired) electrons. The van der Waals surface area contributed by atoms with E-state index in [4.69, 9.17) is 9.15 Å². The molecule has 0 saturated carbocycles. The molecule has 0 spiro atoms. The van der Waals surface area contributed by atoms with Crippen LogP contribution in [0.15, 0.2) is 83.3 Å². The first-order chi connectivity index (χ1) is 19.1. The summed E-state index contributed by atoms with van der Waals surface area (Å²) in [6.45, 7) is 6.22. The molecule has 1 atom stereocenters. The molecule has 40 heavy (non-hydrogen) atoms. The molecule has 0 bridgehead atoms. The van der Waals surface area contributed by atoms with E-state index < -0.39 is 23.2 Å². The van der Waals surface area contributed by atoms with Crippen LogP contribution in [0.4, 0.5) is 14.5 Å². The van der Waals surface area contributed by atoms with Crippen LogP contribution >= 0.6 is 0 Å². The lowest BCUT2D eigenvalue weighted by atomic mass is 9.85. The molecule has 1 aliphatic rings. The highest BCUT2D eigenvalue weighted by Crippen LogP contribution is 2.39. The van der Waals surface area contributed by atoms with E-state index in [1.54, 1.807) is 18.2 Å². The average molecular weight is 545 g/mol. The van der Waals surface area contributed by atoms with Crippen LogP contribution in [-0.4, -0.2) is 23.3 Å². The Bertz CT molecular complexity index is 1560. The number of nitrogens with zero attached hydrogens (tertiary/aromatic N) is 1. The number of carbonyl (C=O) groups is 2. The fourth-order valence-electron chi connectivity index (χ4n) is 4.86. The van der Waals surface area contributed by atoms with Gasteiger partial charge in [-0.3, -0.25) is 9.59 Å². The van der Waals surface area contributed by atoms with E-state index in [-0.39, 0.29) is 24.1 Å².